The Hall–Kier alpha value is -1.88. The minimum absolute atomic E-state index is 0.314. The molecule has 86 valence electrons. The van der Waals surface area contributed by atoms with Crippen LogP contribution in [-0.4, -0.2) is 10.9 Å². The van der Waals surface area contributed by atoms with Gasteiger partial charge in [-0.25, -0.2) is 4.39 Å². The number of rotatable bonds is 2. The second kappa shape index (κ2) is 4.97. The predicted molar refractivity (Wildman–Crippen MR) is 65.8 cm³/mol. The fourth-order valence-corrected chi connectivity index (χ4v) is 1.45. The van der Waals surface area contributed by atoms with Crippen molar-refractivity contribution in [3.05, 3.63) is 54.1 Å². The molecular weight excluding hydrogens is 239 g/mol. The summed E-state index contributed by atoms with van der Waals surface area (Å²) >= 11 is 4.12. The molecule has 0 fully saturated rings. The van der Waals surface area contributed by atoms with Crippen molar-refractivity contribution >= 4 is 24.2 Å². The van der Waals surface area contributed by atoms with Crippen LogP contribution in [0.5, 0.6) is 0 Å². The monoisotopic (exact) mass is 248 g/mol. The first-order chi connectivity index (χ1) is 8.15. The van der Waals surface area contributed by atoms with Gasteiger partial charge in [0.2, 0.25) is 0 Å². The van der Waals surface area contributed by atoms with E-state index in [9.17, 15) is 9.18 Å². The number of benzene rings is 1. The molecule has 0 saturated carbocycles. The molecule has 0 aliphatic carbocycles. The number of aromatic nitrogens is 1. The number of hydrogen-bond acceptors (Lipinski definition) is 3. The SMILES string of the molecule is O=C(Nc1cncc(F)c1)c1ccc(S)cc1. The van der Waals surface area contributed by atoms with E-state index in [0.29, 0.717) is 11.3 Å². The number of halogens is 1. The lowest BCUT2D eigenvalue weighted by Gasteiger charge is -2.04. The average Bonchev–Trinajstić information content (AvgIpc) is 2.29. The van der Waals surface area contributed by atoms with E-state index in [1.807, 2.05) is 0 Å². The van der Waals surface area contributed by atoms with Gasteiger partial charge in [0.1, 0.15) is 5.82 Å². The van der Waals surface area contributed by atoms with Crippen molar-refractivity contribution in [2.24, 2.45) is 0 Å². The van der Waals surface area contributed by atoms with Crippen LogP contribution in [0, 0.1) is 5.82 Å². The maximum Gasteiger partial charge on any atom is 0.255 e. The van der Waals surface area contributed by atoms with Gasteiger partial charge in [-0.15, -0.1) is 12.6 Å². The lowest BCUT2D eigenvalue weighted by atomic mass is 10.2. The molecule has 3 nitrogen and oxygen atoms in total. The van der Waals surface area contributed by atoms with Crippen molar-refractivity contribution in [3.8, 4) is 0 Å². The molecule has 0 atom stereocenters. The van der Waals surface area contributed by atoms with Crippen LogP contribution in [0.1, 0.15) is 10.4 Å². The van der Waals surface area contributed by atoms with Gasteiger partial charge in [0.15, 0.2) is 0 Å². The molecule has 1 aromatic carbocycles. The summed E-state index contributed by atoms with van der Waals surface area (Å²) in [5.41, 5.74) is 0.803. The zero-order valence-electron chi connectivity index (χ0n) is 8.72. The highest BCUT2D eigenvalue weighted by Gasteiger charge is 2.06. The fraction of sp³-hybridized carbons (Fsp3) is 0. The first-order valence-corrected chi connectivity index (χ1v) is 5.31. The van der Waals surface area contributed by atoms with E-state index in [0.717, 1.165) is 11.1 Å². The van der Waals surface area contributed by atoms with Crippen molar-refractivity contribution in [3.63, 3.8) is 0 Å². The molecule has 2 rings (SSSR count). The van der Waals surface area contributed by atoms with Gasteiger partial charge in [-0.1, -0.05) is 0 Å². The molecule has 0 aliphatic rings. The fourth-order valence-electron chi connectivity index (χ4n) is 1.30. The van der Waals surface area contributed by atoms with Crippen molar-refractivity contribution in [1.82, 2.24) is 4.98 Å². The van der Waals surface area contributed by atoms with E-state index in [1.165, 1.54) is 12.3 Å². The highest BCUT2D eigenvalue weighted by Crippen LogP contribution is 2.11. The van der Waals surface area contributed by atoms with Crippen molar-refractivity contribution in [2.45, 2.75) is 4.90 Å². The molecular formula is C12H9FN2OS. The molecule has 1 aromatic heterocycles. The zero-order valence-corrected chi connectivity index (χ0v) is 9.62. The molecule has 0 bridgehead atoms. The normalized spacial score (nSPS) is 10.0. The summed E-state index contributed by atoms with van der Waals surface area (Å²) in [5, 5.41) is 2.55. The van der Waals surface area contributed by atoms with Crippen LogP contribution in [0.3, 0.4) is 0 Å². The summed E-state index contributed by atoms with van der Waals surface area (Å²) in [5.74, 6) is -0.806. The van der Waals surface area contributed by atoms with Gasteiger partial charge in [0.05, 0.1) is 18.1 Å². The number of nitrogens with zero attached hydrogens (tertiary/aromatic N) is 1. The Morgan fingerprint density at radius 2 is 1.94 bits per heavy atom. The van der Waals surface area contributed by atoms with Crippen LogP contribution in [0.4, 0.5) is 10.1 Å². The first-order valence-electron chi connectivity index (χ1n) is 4.86. The quantitative estimate of drug-likeness (QED) is 0.802. The van der Waals surface area contributed by atoms with Gasteiger partial charge < -0.3 is 5.32 Å². The molecule has 5 heteroatoms. The van der Waals surface area contributed by atoms with Crippen LogP contribution < -0.4 is 5.32 Å². The van der Waals surface area contributed by atoms with Gasteiger partial charge in [0, 0.05) is 16.5 Å². The molecule has 0 radical (unpaired) electrons. The second-order valence-corrected chi connectivity index (χ2v) is 3.91. The molecule has 0 aliphatic heterocycles. The smallest absolute Gasteiger partial charge is 0.255 e. The summed E-state index contributed by atoms with van der Waals surface area (Å²) in [6.07, 6.45) is 2.46. The Balaban J connectivity index is 2.14. The Morgan fingerprint density at radius 3 is 2.59 bits per heavy atom. The standard InChI is InChI=1S/C12H9FN2OS/c13-9-5-10(7-14-6-9)15-12(16)8-1-3-11(17)4-2-8/h1-7,17H,(H,15,16). The van der Waals surface area contributed by atoms with Gasteiger partial charge in [-0.3, -0.25) is 9.78 Å². The highest BCUT2D eigenvalue weighted by atomic mass is 32.1. The van der Waals surface area contributed by atoms with E-state index in [1.54, 1.807) is 24.3 Å². The van der Waals surface area contributed by atoms with E-state index in [2.05, 4.69) is 22.9 Å². The van der Waals surface area contributed by atoms with Gasteiger partial charge in [-0.2, -0.15) is 0 Å². The molecule has 1 heterocycles. The number of anilines is 1. The summed E-state index contributed by atoms with van der Waals surface area (Å²) < 4.78 is 12.8. The second-order valence-electron chi connectivity index (χ2n) is 3.39. The number of pyridine rings is 1. The molecule has 0 unspecified atom stereocenters. The summed E-state index contributed by atoms with van der Waals surface area (Å²) in [6, 6.07) is 7.91. The number of carbonyl (C=O) groups excluding carboxylic acids is 1. The third-order valence-electron chi connectivity index (χ3n) is 2.09. The molecule has 0 spiro atoms. The molecule has 17 heavy (non-hydrogen) atoms. The Labute approximate surface area is 103 Å². The van der Waals surface area contributed by atoms with E-state index in [4.69, 9.17) is 0 Å². The average molecular weight is 248 g/mol. The topological polar surface area (TPSA) is 42.0 Å². The largest absolute Gasteiger partial charge is 0.320 e. The van der Waals surface area contributed by atoms with Crippen LogP contribution in [0.25, 0.3) is 0 Å². The van der Waals surface area contributed by atoms with Crippen molar-refractivity contribution in [2.75, 3.05) is 5.32 Å². The van der Waals surface area contributed by atoms with Gasteiger partial charge >= 0.3 is 0 Å². The van der Waals surface area contributed by atoms with Crippen LogP contribution in [-0.2, 0) is 0 Å². The van der Waals surface area contributed by atoms with Crippen LogP contribution in [0.2, 0.25) is 0 Å². The molecule has 1 amide bonds. The third kappa shape index (κ3) is 3.04. The summed E-state index contributed by atoms with van der Waals surface area (Å²) in [6.45, 7) is 0. The summed E-state index contributed by atoms with van der Waals surface area (Å²) in [7, 11) is 0. The van der Waals surface area contributed by atoms with E-state index < -0.39 is 5.82 Å². The number of amides is 1. The van der Waals surface area contributed by atoms with Crippen molar-refractivity contribution in [1.29, 1.82) is 0 Å². The summed E-state index contributed by atoms with van der Waals surface area (Å²) in [4.78, 5) is 16.2. The zero-order chi connectivity index (χ0) is 12.3. The van der Waals surface area contributed by atoms with E-state index in [-0.39, 0.29) is 5.91 Å². The molecule has 1 N–H and O–H groups in total. The minimum atomic E-state index is -0.492. The molecule has 2 aromatic rings. The predicted octanol–water partition coefficient (Wildman–Crippen LogP) is 2.76. The Bertz CT molecular complexity index is 542. The number of thiol groups is 1. The lowest BCUT2D eigenvalue weighted by Crippen LogP contribution is -2.11. The van der Waals surface area contributed by atoms with Crippen LogP contribution >= 0.6 is 12.6 Å². The van der Waals surface area contributed by atoms with Gasteiger partial charge in [0.25, 0.3) is 5.91 Å². The number of hydrogen-bond donors (Lipinski definition) is 2. The third-order valence-corrected chi connectivity index (χ3v) is 2.39. The molecule has 0 saturated heterocycles. The minimum Gasteiger partial charge on any atom is -0.320 e. The Kier molecular flexibility index (Phi) is 3.39. The van der Waals surface area contributed by atoms with E-state index >= 15 is 0 Å². The number of nitrogens with one attached hydrogen (secondary N) is 1. The van der Waals surface area contributed by atoms with Crippen LogP contribution in [0.15, 0.2) is 47.6 Å². The first kappa shape index (κ1) is 11.6. The highest BCUT2D eigenvalue weighted by molar-refractivity contribution is 7.80. The van der Waals surface area contributed by atoms with Gasteiger partial charge in [-0.05, 0) is 24.3 Å². The number of carbonyl (C=O) groups is 1. The lowest BCUT2D eigenvalue weighted by molar-refractivity contribution is 0.102. The Morgan fingerprint density at radius 1 is 1.24 bits per heavy atom. The maximum atomic E-state index is 12.8. The van der Waals surface area contributed by atoms with Crippen molar-refractivity contribution < 1.29 is 9.18 Å². The maximum absolute atomic E-state index is 12.8.